The number of hydrogen-bond donors (Lipinski definition) is 1. The van der Waals surface area contributed by atoms with Gasteiger partial charge in [-0.3, -0.25) is 19.7 Å². The van der Waals surface area contributed by atoms with Gasteiger partial charge in [0, 0.05) is 24.2 Å². The van der Waals surface area contributed by atoms with Gasteiger partial charge in [0.15, 0.2) is 0 Å². The molecule has 1 fully saturated rings. The molecule has 1 unspecified atom stereocenters. The van der Waals surface area contributed by atoms with E-state index in [9.17, 15) is 24.8 Å². The number of nitro benzene ring substituents is 1. The van der Waals surface area contributed by atoms with Gasteiger partial charge < -0.3 is 14.7 Å². The van der Waals surface area contributed by atoms with Gasteiger partial charge in [0.2, 0.25) is 0 Å². The maximum absolute atomic E-state index is 13.2. The summed E-state index contributed by atoms with van der Waals surface area (Å²) in [5.74, 6) is -1.36. The number of ketones is 1. The third-order valence-corrected chi connectivity index (χ3v) is 5.73. The molecule has 3 aromatic carbocycles. The molecule has 1 heterocycles. The maximum Gasteiger partial charge on any atom is 0.295 e. The predicted octanol–water partition coefficient (Wildman–Crippen LogP) is 5.01. The Morgan fingerprint density at radius 2 is 1.74 bits per heavy atom. The van der Waals surface area contributed by atoms with E-state index in [2.05, 4.69) is 0 Å². The summed E-state index contributed by atoms with van der Waals surface area (Å²) in [5.41, 5.74) is 1.18. The highest BCUT2D eigenvalue weighted by atomic mass is 16.6. The lowest BCUT2D eigenvalue weighted by molar-refractivity contribution is -0.384. The molecule has 0 saturated carbocycles. The molecule has 4 rings (SSSR count). The van der Waals surface area contributed by atoms with E-state index in [-0.39, 0.29) is 23.6 Å². The number of carbonyl (C=O) groups excluding carboxylic acids is 2. The van der Waals surface area contributed by atoms with Crippen molar-refractivity contribution in [3.63, 3.8) is 0 Å². The summed E-state index contributed by atoms with van der Waals surface area (Å²) in [6, 6.07) is 20.4. The van der Waals surface area contributed by atoms with Gasteiger partial charge in [-0.15, -0.1) is 0 Å². The first-order valence-corrected chi connectivity index (χ1v) is 11.2. The van der Waals surface area contributed by atoms with Crippen molar-refractivity contribution < 1.29 is 24.4 Å². The summed E-state index contributed by atoms with van der Waals surface area (Å²) in [6.45, 7) is 2.63. The summed E-state index contributed by atoms with van der Waals surface area (Å²) in [4.78, 5) is 38.5. The van der Waals surface area contributed by atoms with Crippen molar-refractivity contribution in [3.8, 4) is 5.75 Å². The van der Waals surface area contributed by atoms with Gasteiger partial charge in [0.1, 0.15) is 11.5 Å². The molecule has 1 saturated heterocycles. The fraction of sp³-hybridized carbons (Fsp3) is 0.185. The van der Waals surface area contributed by atoms with Crippen LogP contribution in [-0.4, -0.2) is 33.2 Å². The smallest absolute Gasteiger partial charge is 0.295 e. The van der Waals surface area contributed by atoms with Gasteiger partial charge in [0.05, 0.1) is 23.1 Å². The SMILES string of the molecule is CCCOc1ccc(/C(O)=C2\C(=O)C(=O)N(Cc3ccccc3)C2c2cccc([N+](=O)[O-])c2)cc1. The number of carbonyl (C=O) groups is 2. The monoisotopic (exact) mass is 472 g/mol. The zero-order valence-electron chi connectivity index (χ0n) is 19.1. The molecule has 8 heteroatoms. The highest BCUT2D eigenvalue weighted by Gasteiger charge is 2.46. The van der Waals surface area contributed by atoms with Gasteiger partial charge in [0.25, 0.3) is 17.4 Å². The van der Waals surface area contributed by atoms with E-state index in [0.29, 0.717) is 23.5 Å². The topological polar surface area (TPSA) is 110 Å². The second-order valence-electron chi connectivity index (χ2n) is 8.14. The number of rotatable bonds is 8. The number of hydrogen-bond acceptors (Lipinski definition) is 6. The Bertz CT molecular complexity index is 1280. The van der Waals surface area contributed by atoms with Crippen molar-refractivity contribution >= 4 is 23.1 Å². The Balaban J connectivity index is 1.82. The summed E-state index contributed by atoms with van der Waals surface area (Å²) in [7, 11) is 0. The molecule has 1 amide bonds. The zero-order valence-corrected chi connectivity index (χ0v) is 19.1. The maximum atomic E-state index is 13.2. The van der Waals surface area contributed by atoms with Crippen molar-refractivity contribution in [1.82, 2.24) is 4.90 Å². The van der Waals surface area contributed by atoms with Crippen LogP contribution in [0.1, 0.15) is 36.1 Å². The van der Waals surface area contributed by atoms with Crippen molar-refractivity contribution in [2.45, 2.75) is 25.9 Å². The minimum absolute atomic E-state index is 0.0966. The van der Waals surface area contributed by atoms with Gasteiger partial charge in [-0.25, -0.2) is 0 Å². The molecule has 0 aliphatic carbocycles. The number of ether oxygens (including phenoxy) is 1. The molecule has 0 aromatic heterocycles. The fourth-order valence-corrected chi connectivity index (χ4v) is 4.06. The molecule has 0 bridgehead atoms. The number of nitro groups is 1. The lowest BCUT2D eigenvalue weighted by Gasteiger charge is -2.25. The van der Waals surface area contributed by atoms with Crippen molar-refractivity contribution in [1.29, 1.82) is 0 Å². The zero-order chi connectivity index (χ0) is 24.9. The Labute approximate surface area is 202 Å². The molecule has 1 N–H and O–H groups in total. The van der Waals surface area contributed by atoms with Gasteiger partial charge in [-0.1, -0.05) is 49.4 Å². The number of Topliss-reactive ketones (excluding diaryl/α,β-unsaturated/α-hetero) is 1. The van der Waals surface area contributed by atoms with Crippen LogP contribution < -0.4 is 4.74 Å². The summed E-state index contributed by atoms with van der Waals surface area (Å²) in [5, 5.41) is 22.6. The molecular weight excluding hydrogens is 448 g/mol. The number of aliphatic hydroxyl groups is 1. The molecular formula is C27H24N2O6. The van der Waals surface area contributed by atoms with E-state index in [1.165, 1.54) is 23.1 Å². The van der Waals surface area contributed by atoms with Crippen LogP contribution in [0.4, 0.5) is 5.69 Å². The molecule has 8 nitrogen and oxygen atoms in total. The van der Waals surface area contributed by atoms with E-state index in [4.69, 9.17) is 4.74 Å². The highest BCUT2D eigenvalue weighted by Crippen LogP contribution is 2.41. The van der Waals surface area contributed by atoms with Gasteiger partial charge in [-0.2, -0.15) is 0 Å². The third-order valence-electron chi connectivity index (χ3n) is 5.73. The average Bonchev–Trinajstić information content (AvgIpc) is 3.13. The second-order valence-corrected chi connectivity index (χ2v) is 8.14. The standard InChI is InChI=1S/C27H24N2O6/c1-2-15-35-22-13-11-19(12-14-22)25(30)23-24(20-9-6-10-21(16-20)29(33)34)28(27(32)26(23)31)17-18-7-4-3-5-8-18/h3-14,16,24,30H,2,15,17H2,1H3/b25-23+. The molecule has 1 aliphatic heterocycles. The average molecular weight is 472 g/mol. The van der Waals surface area contributed by atoms with Gasteiger partial charge >= 0.3 is 0 Å². The third kappa shape index (κ3) is 4.91. The lowest BCUT2D eigenvalue weighted by atomic mass is 9.95. The van der Waals surface area contributed by atoms with Crippen LogP contribution in [0.2, 0.25) is 0 Å². The molecule has 1 aliphatic rings. The van der Waals surface area contributed by atoms with Crippen LogP contribution >= 0.6 is 0 Å². The number of aliphatic hydroxyl groups excluding tert-OH is 1. The Hall–Kier alpha value is -4.46. The second kappa shape index (κ2) is 10.2. The quantitative estimate of drug-likeness (QED) is 0.162. The van der Waals surface area contributed by atoms with Crippen LogP contribution in [0, 0.1) is 10.1 Å². The largest absolute Gasteiger partial charge is 0.507 e. The minimum atomic E-state index is -0.994. The summed E-state index contributed by atoms with van der Waals surface area (Å²) in [6.07, 6.45) is 0.843. The molecule has 0 spiro atoms. The lowest BCUT2D eigenvalue weighted by Crippen LogP contribution is -2.29. The Morgan fingerprint density at radius 3 is 2.40 bits per heavy atom. The summed E-state index contributed by atoms with van der Waals surface area (Å²) >= 11 is 0. The predicted molar refractivity (Wildman–Crippen MR) is 130 cm³/mol. The molecule has 35 heavy (non-hydrogen) atoms. The first-order chi connectivity index (χ1) is 16.9. The van der Waals surface area contributed by atoms with Crippen molar-refractivity contribution in [2.75, 3.05) is 6.61 Å². The molecule has 178 valence electrons. The molecule has 1 atom stereocenters. The van der Waals surface area contributed by atoms with Crippen LogP contribution in [0.15, 0.2) is 84.4 Å². The van der Waals surface area contributed by atoms with Crippen molar-refractivity contribution in [2.24, 2.45) is 0 Å². The van der Waals surface area contributed by atoms with E-state index >= 15 is 0 Å². The van der Waals surface area contributed by atoms with E-state index in [1.807, 2.05) is 37.3 Å². The van der Waals surface area contributed by atoms with E-state index in [1.54, 1.807) is 30.3 Å². The first kappa shape index (κ1) is 23.7. The normalized spacial score (nSPS) is 16.9. The fourth-order valence-electron chi connectivity index (χ4n) is 4.06. The Morgan fingerprint density at radius 1 is 1.03 bits per heavy atom. The number of likely N-dealkylation sites (tertiary alicyclic amines) is 1. The van der Waals surface area contributed by atoms with Gasteiger partial charge in [-0.05, 0) is 41.8 Å². The number of nitrogens with zero attached hydrogens (tertiary/aromatic N) is 2. The van der Waals surface area contributed by atoms with Crippen LogP contribution in [0.3, 0.4) is 0 Å². The minimum Gasteiger partial charge on any atom is -0.507 e. The van der Waals surface area contributed by atoms with Crippen molar-refractivity contribution in [3.05, 3.63) is 111 Å². The summed E-state index contributed by atoms with van der Waals surface area (Å²) < 4.78 is 5.57. The molecule has 3 aromatic rings. The first-order valence-electron chi connectivity index (χ1n) is 11.2. The van der Waals surface area contributed by atoms with Crippen LogP contribution in [0.25, 0.3) is 5.76 Å². The van der Waals surface area contributed by atoms with Crippen LogP contribution in [-0.2, 0) is 16.1 Å². The number of non-ortho nitro benzene ring substituents is 1. The Kier molecular flexibility index (Phi) is 6.91. The van der Waals surface area contributed by atoms with Crippen LogP contribution in [0.5, 0.6) is 5.75 Å². The van der Waals surface area contributed by atoms with E-state index in [0.717, 1.165) is 12.0 Å². The number of amides is 1. The molecule has 0 radical (unpaired) electrons. The van der Waals surface area contributed by atoms with E-state index < -0.39 is 22.7 Å². The highest BCUT2D eigenvalue weighted by molar-refractivity contribution is 6.46. The number of benzene rings is 3.